The lowest BCUT2D eigenvalue weighted by Gasteiger charge is -2.23. The number of ether oxygens (including phenoxy) is 4. The Balaban J connectivity index is 0. The van der Waals surface area contributed by atoms with Gasteiger partial charge in [-0.25, -0.2) is 19.2 Å². The van der Waals surface area contributed by atoms with Crippen LogP contribution in [0.4, 0.5) is 0 Å². The van der Waals surface area contributed by atoms with Gasteiger partial charge in [0.25, 0.3) is 0 Å². The van der Waals surface area contributed by atoms with Crippen molar-refractivity contribution in [2.45, 2.75) is 41.5 Å². The molecule has 0 saturated carbocycles. The monoisotopic (exact) mass is 452 g/mol. The zero-order chi connectivity index (χ0) is 25.5. The van der Waals surface area contributed by atoms with Gasteiger partial charge in [0.05, 0.1) is 26.4 Å². The van der Waals surface area contributed by atoms with E-state index >= 15 is 0 Å². The van der Waals surface area contributed by atoms with Crippen molar-refractivity contribution in [3.63, 3.8) is 0 Å². The second-order valence-corrected chi connectivity index (χ2v) is 8.67. The molecule has 0 radical (unpaired) electrons. The molecule has 180 valence electrons. The van der Waals surface area contributed by atoms with E-state index in [9.17, 15) is 19.2 Å². The van der Waals surface area contributed by atoms with Crippen LogP contribution in [0.15, 0.2) is 49.6 Å². The maximum atomic E-state index is 11.2. The van der Waals surface area contributed by atoms with Crippen LogP contribution in [0.1, 0.15) is 41.5 Å². The first-order valence-electron chi connectivity index (χ1n) is 9.80. The molecule has 0 N–H and O–H groups in total. The molecule has 0 fully saturated rings. The van der Waals surface area contributed by atoms with E-state index in [1.54, 1.807) is 13.8 Å². The standard InChI is InChI=1S/C13H20O4.C11H16O4/c1-9(2)11(14)16-7-13(5,6)8-17-12(15)10(3)4;1-5-9(12)14-7-11(3,4)8-15-10(13)6-2/h1,3,7-8H2,2,4-6H3;5-6H,1-2,7-8H2,3-4H3. The van der Waals surface area contributed by atoms with Crippen LogP contribution < -0.4 is 0 Å². The highest BCUT2D eigenvalue weighted by molar-refractivity contribution is 5.87. The van der Waals surface area contributed by atoms with E-state index in [1.165, 1.54) is 0 Å². The highest BCUT2D eigenvalue weighted by Crippen LogP contribution is 2.17. The van der Waals surface area contributed by atoms with Crippen LogP contribution in [0.3, 0.4) is 0 Å². The molecule has 0 atom stereocenters. The second kappa shape index (κ2) is 14.8. The van der Waals surface area contributed by atoms with Crippen molar-refractivity contribution >= 4 is 23.9 Å². The third-order valence-corrected chi connectivity index (χ3v) is 3.43. The third kappa shape index (κ3) is 16.6. The van der Waals surface area contributed by atoms with Crippen molar-refractivity contribution < 1.29 is 38.1 Å². The summed E-state index contributed by atoms with van der Waals surface area (Å²) in [6.45, 7) is 24.7. The van der Waals surface area contributed by atoms with Crippen LogP contribution in [-0.2, 0) is 38.1 Å². The molecule has 0 aliphatic carbocycles. The average molecular weight is 453 g/mol. The van der Waals surface area contributed by atoms with Crippen molar-refractivity contribution in [3.8, 4) is 0 Å². The second-order valence-electron chi connectivity index (χ2n) is 8.67. The number of rotatable bonds is 12. The Hall–Kier alpha value is -3.16. The van der Waals surface area contributed by atoms with Gasteiger partial charge in [-0.3, -0.25) is 0 Å². The summed E-state index contributed by atoms with van der Waals surface area (Å²) in [5.74, 6) is -1.86. The summed E-state index contributed by atoms with van der Waals surface area (Å²) in [6, 6.07) is 0. The Bertz CT molecular complexity index is 670. The van der Waals surface area contributed by atoms with Gasteiger partial charge in [0, 0.05) is 34.1 Å². The number of carbonyl (C=O) groups excluding carboxylic acids is 4. The Morgan fingerprint density at radius 2 is 0.875 bits per heavy atom. The van der Waals surface area contributed by atoms with E-state index in [4.69, 9.17) is 18.9 Å². The number of esters is 4. The number of hydrogen-bond donors (Lipinski definition) is 0. The fourth-order valence-electron chi connectivity index (χ4n) is 1.50. The maximum absolute atomic E-state index is 11.2. The quantitative estimate of drug-likeness (QED) is 0.251. The summed E-state index contributed by atoms with van der Waals surface area (Å²) in [7, 11) is 0. The maximum Gasteiger partial charge on any atom is 0.333 e. The predicted octanol–water partition coefficient (Wildman–Crippen LogP) is 3.72. The normalized spacial score (nSPS) is 10.4. The molecule has 0 unspecified atom stereocenters. The van der Waals surface area contributed by atoms with Gasteiger partial charge in [0.2, 0.25) is 0 Å². The minimum absolute atomic E-state index is 0.169. The summed E-state index contributed by atoms with van der Waals surface area (Å²) >= 11 is 0. The summed E-state index contributed by atoms with van der Waals surface area (Å²) in [5.41, 5.74) is -0.160. The van der Waals surface area contributed by atoms with Crippen LogP contribution in [-0.4, -0.2) is 50.3 Å². The van der Waals surface area contributed by atoms with Crippen molar-refractivity contribution in [2.75, 3.05) is 26.4 Å². The Labute approximate surface area is 190 Å². The lowest BCUT2D eigenvalue weighted by molar-refractivity contribution is -0.148. The minimum atomic E-state index is -0.488. The summed E-state index contributed by atoms with van der Waals surface area (Å²) in [5, 5.41) is 0. The van der Waals surface area contributed by atoms with Crippen LogP contribution in [0.2, 0.25) is 0 Å². The summed E-state index contributed by atoms with van der Waals surface area (Å²) in [4.78, 5) is 44.0. The molecule has 0 aromatic rings. The molecular formula is C24H36O8. The fraction of sp³-hybridized carbons (Fsp3) is 0.500. The van der Waals surface area contributed by atoms with Gasteiger partial charge in [-0.15, -0.1) is 0 Å². The van der Waals surface area contributed by atoms with E-state index in [0.717, 1.165) is 12.2 Å². The van der Waals surface area contributed by atoms with E-state index in [-0.39, 0.29) is 26.4 Å². The van der Waals surface area contributed by atoms with E-state index < -0.39 is 34.7 Å². The Morgan fingerprint density at radius 3 is 1.09 bits per heavy atom. The highest BCUT2D eigenvalue weighted by atomic mass is 16.6. The lowest BCUT2D eigenvalue weighted by Crippen LogP contribution is -2.28. The van der Waals surface area contributed by atoms with E-state index in [0.29, 0.717) is 11.1 Å². The molecule has 0 aromatic carbocycles. The highest BCUT2D eigenvalue weighted by Gasteiger charge is 2.23. The first kappa shape index (κ1) is 31.0. The van der Waals surface area contributed by atoms with Crippen LogP contribution in [0, 0.1) is 10.8 Å². The van der Waals surface area contributed by atoms with E-state index in [2.05, 4.69) is 26.3 Å². The molecule has 8 heteroatoms. The van der Waals surface area contributed by atoms with Crippen LogP contribution in [0.5, 0.6) is 0 Å². The van der Waals surface area contributed by atoms with Crippen LogP contribution >= 0.6 is 0 Å². The molecule has 0 aromatic heterocycles. The van der Waals surface area contributed by atoms with Crippen molar-refractivity contribution in [1.82, 2.24) is 0 Å². The van der Waals surface area contributed by atoms with Gasteiger partial charge in [-0.05, 0) is 13.8 Å². The molecule has 0 rings (SSSR count). The van der Waals surface area contributed by atoms with Gasteiger partial charge in [-0.2, -0.15) is 0 Å². The van der Waals surface area contributed by atoms with Crippen molar-refractivity contribution in [3.05, 3.63) is 49.6 Å². The number of carbonyl (C=O) groups is 4. The van der Waals surface area contributed by atoms with Gasteiger partial charge in [-0.1, -0.05) is 54.0 Å². The first-order chi connectivity index (χ1) is 14.6. The molecule has 8 nitrogen and oxygen atoms in total. The summed E-state index contributed by atoms with van der Waals surface area (Å²) in [6.07, 6.45) is 2.18. The predicted molar refractivity (Wildman–Crippen MR) is 121 cm³/mol. The van der Waals surface area contributed by atoms with E-state index in [1.807, 2.05) is 27.7 Å². The smallest absolute Gasteiger partial charge is 0.333 e. The lowest BCUT2D eigenvalue weighted by atomic mass is 9.96. The SMILES string of the molecule is C=C(C)C(=O)OCC(C)(C)COC(=O)C(=C)C.C=CC(=O)OCC(C)(C)COC(=O)C=C. The fourth-order valence-corrected chi connectivity index (χ4v) is 1.50. The molecule has 0 amide bonds. The molecular weight excluding hydrogens is 416 g/mol. The average Bonchev–Trinajstić information content (AvgIpc) is 2.72. The molecule has 0 aliphatic rings. The molecule has 32 heavy (non-hydrogen) atoms. The molecule has 0 saturated heterocycles. The number of hydrogen-bond acceptors (Lipinski definition) is 8. The largest absolute Gasteiger partial charge is 0.462 e. The van der Waals surface area contributed by atoms with Gasteiger partial charge < -0.3 is 18.9 Å². The zero-order valence-electron chi connectivity index (χ0n) is 20.1. The summed E-state index contributed by atoms with van der Waals surface area (Å²) < 4.78 is 19.7. The third-order valence-electron chi connectivity index (χ3n) is 3.43. The van der Waals surface area contributed by atoms with Crippen molar-refractivity contribution in [1.29, 1.82) is 0 Å². The first-order valence-corrected chi connectivity index (χ1v) is 9.80. The Kier molecular flexibility index (Phi) is 14.3. The molecule has 0 spiro atoms. The van der Waals surface area contributed by atoms with Gasteiger partial charge in [0.15, 0.2) is 0 Å². The zero-order valence-corrected chi connectivity index (χ0v) is 20.1. The molecule has 0 aliphatic heterocycles. The van der Waals surface area contributed by atoms with Gasteiger partial charge in [0.1, 0.15) is 0 Å². The molecule has 0 heterocycles. The van der Waals surface area contributed by atoms with Crippen LogP contribution in [0.25, 0.3) is 0 Å². The topological polar surface area (TPSA) is 105 Å². The van der Waals surface area contributed by atoms with Gasteiger partial charge >= 0.3 is 23.9 Å². The minimum Gasteiger partial charge on any atom is -0.462 e. The molecule has 0 bridgehead atoms. The van der Waals surface area contributed by atoms with Crippen molar-refractivity contribution in [2.24, 2.45) is 10.8 Å². The Morgan fingerprint density at radius 1 is 0.625 bits per heavy atom.